The zero-order valence-corrected chi connectivity index (χ0v) is 13.8. The van der Waals surface area contributed by atoms with Crippen LogP contribution in [0.1, 0.15) is 20.1 Å². The molecule has 0 spiro atoms. The highest BCUT2D eigenvalue weighted by atomic mass is 79.9. The third-order valence-electron chi connectivity index (χ3n) is 2.61. The van der Waals surface area contributed by atoms with Gasteiger partial charge in [-0.25, -0.2) is 4.39 Å². The Bertz CT molecular complexity index is 549. The summed E-state index contributed by atoms with van der Waals surface area (Å²) in [5.74, 6) is 0.289. The quantitative estimate of drug-likeness (QED) is 0.630. The molecule has 1 nitrogen and oxygen atoms in total. The lowest BCUT2D eigenvalue weighted by Gasteiger charge is -2.13. The number of ether oxygens (including phenoxy) is 1. The zero-order chi connectivity index (χ0) is 13.3. The van der Waals surface area contributed by atoms with Crippen molar-refractivity contribution in [2.24, 2.45) is 0 Å². The summed E-state index contributed by atoms with van der Waals surface area (Å²) in [5.41, 5.74) is 0.536. The average Bonchev–Trinajstić information content (AvgIpc) is 2.68. The smallest absolute Gasteiger partial charge is 0.131 e. The summed E-state index contributed by atoms with van der Waals surface area (Å²) in [5, 5.41) is 0. The number of halogens is 3. The molecule has 1 aromatic heterocycles. The summed E-state index contributed by atoms with van der Waals surface area (Å²) >= 11 is 8.66. The van der Waals surface area contributed by atoms with Gasteiger partial charge in [0.25, 0.3) is 0 Å². The number of hydrogen-bond donors (Lipinski definition) is 0. The predicted molar refractivity (Wildman–Crippen MR) is 80.5 cm³/mol. The summed E-state index contributed by atoms with van der Waals surface area (Å²) in [4.78, 5) is 2.01. The molecular formula is C13H11Br2FOS. The van der Waals surface area contributed by atoms with Crippen LogP contribution in [0.3, 0.4) is 0 Å². The molecule has 0 N–H and O–H groups in total. The van der Waals surface area contributed by atoms with Gasteiger partial charge in [0.05, 0.1) is 11.9 Å². The van der Waals surface area contributed by atoms with Gasteiger partial charge in [-0.1, -0.05) is 22.0 Å². The summed E-state index contributed by atoms with van der Waals surface area (Å²) in [7, 11) is 1.55. The Morgan fingerprint density at radius 3 is 2.67 bits per heavy atom. The van der Waals surface area contributed by atoms with Crippen molar-refractivity contribution in [1.29, 1.82) is 0 Å². The second-order valence-electron chi connectivity index (χ2n) is 3.77. The van der Waals surface area contributed by atoms with Gasteiger partial charge in [0.1, 0.15) is 11.6 Å². The van der Waals surface area contributed by atoms with Gasteiger partial charge in [-0.05, 0) is 41.1 Å². The molecule has 0 aliphatic heterocycles. The van der Waals surface area contributed by atoms with Crippen molar-refractivity contribution in [3.63, 3.8) is 0 Å². The molecule has 0 fully saturated rings. The molecule has 18 heavy (non-hydrogen) atoms. The zero-order valence-electron chi connectivity index (χ0n) is 9.84. The van der Waals surface area contributed by atoms with Crippen molar-refractivity contribution in [1.82, 2.24) is 0 Å². The van der Waals surface area contributed by atoms with Gasteiger partial charge in [0, 0.05) is 19.8 Å². The lowest BCUT2D eigenvalue weighted by Crippen LogP contribution is -1.99. The van der Waals surface area contributed by atoms with E-state index >= 15 is 0 Å². The largest absolute Gasteiger partial charge is 0.496 e. The van der Waals surface area contributed by atoms with Crippen LogP contribution in [-0.2, 0) is 0 Å². The van der Waals surface area contributed by atoms with Gasteiger partial charge in [0.15, 0.2) is 0 Å². The molecule has 0 aliphatic carbocycles. The summed E-state index contributed by atoms with van der Waals surface area (Å²) in [6.45, 7) is 2.02. The minimum absolute atomic E-state index is 0.205. The Hall–Kier alpha value is -0.390. The number of rotatable bonds is 3. The van der Waals surface area contributed by atoms with Gasteiger partial charge < -0.3 is 4.74 Å². The highest BCUT2D eigenvalue weighted by molar-refractivity contribution is 9.10. The first-order valence-corrected chi connectivity index (χ1v) is 7.79. The van der Waals surface area contributed by atoms with Gasteiger partial charge in [0.2, 0.25) is 0 Å². The van der Waals surface area contributed by atoms with E-state index in [-0.39, 0.29) is 10.6 Å². The number of alkyl halides is 1. The molecule has 2 rings (SSSR count). The molecule has 1 heterocycles. The molecule has 1 atom stereocenters. The van der Waals surface area contributed by atoms with E-state index in [0.29, 0.717) is 11.3 Å². The molecule has 0 saturated carbocycles. The second kappa shape index (κ2) is 5.72. The van der Waals surface area contributed by atoms with Gasteiger partial charge >= 0.3 is 0 Å². The van der Waals surface area contributed by atoms with E-state index in [4.69, 9.17) is 4.74 Å². The molecule has 1 unspecified atom stereocenters. The molecule has 1 aromatic carbocycles. The van der Waals surface area contributed by atoms with E-state index in [0.717, 1.165) is 9.35 Å². The van der Waals surface area contributed by atoms with E-state index in [1.165, 1.54) is 10.9 Å². The van der Waals surface area contributed by atoms with E-state index in [1.807, 2.05) is 13.0 Å². The number of aryl methyl sites for hydroxylation is 1. The number of hydrogen-bond acceptors (Lipinski definition) is 2. The van der Waals surface area contributed by atoms with Crippen molar-refractivity contribution in [3.05, 3.63) is 49.9 Å². The molecule has 0 radical (unpaired) electrons. The first-order chi connectivity index (χ1) is 8.54. The first kappa shape index (κ1) is 14.0. The Labute approximate surface area is 126 Å². The Morgan fingerprint density at radius 2 is 2.11 bits per heavy atom. The van der Waals surface area contributed by atoms with Crippen LogP contribution in [0, 0.1) is 12.7 Å². The number of methoxy groups -OCH3 is 1. The Morgan fingerprint density at radius 1 is 1.39 bits per heavy atom. The standard InChI is InChI=1S/C13H11Br2FOS/c1-7-8(14)6-11(18-7)13(15)12-9(16)4-3-5-10(12)17-2/h3-6,13H,1-2H3. The molecule has 2 aromatic rings. The highest BCUT2D eigenvalue weighted by Gasteiger charge is 2.21. The SMILES string of the molecule is COc1cccc(F)c1C(Br)c1cc(Br)c(C)s1. The van der Waals surface area contributed by atoms with Crippen LogP contribution in [0.2, 0.25) is 0 Å². The molecule has 0 saturated heterocycles. The molecule has 0 aliphatic rings. The predicted octanol–water partition coefficient (Wildman–Crippen LogP) is 5.45. The van der Waals surface area contributed by atoms with Crippen LogP contribution < -0.4 is 4.74 Å². The second-order valence-corrected chi connectivity index (χ2v) is 6.83. The summed E-state index contributed by atoms with van der Waals surface area (Å²) < 4.78 is 20.2. The van der Waals surface area contributed by atoms with Crippen molar-refractivity contribution in [2.45, 2.75) is 11.8 Å². The van der Waals surface area contributed by atoms with Crippen molar-refractivity contribution >= 4 is 43.2 Å². The topological polar surface area (TPSA) is 9.23 Å². The lowest BCUT2D eigenvalue weighted by atomic mass is 10.1. The molecule has 96 valence electrons. The van der Waals surface area contributed by atoms with Crippen LogP contribution in [0.15, 0.2) is 28.7 Å². The average molecular weight is 394 g/mol. The fourth-order valence-electron chi connectivity index (χ4n) is 1.69. The maximum Gasteiger partial charge on any atom is 0.131 e. The lowest BCUT2D eigenvalue weighted by molar-refractivity contribution is 0.405. The first-order valence-electron chi connectivity index (χ1n) is 5.27. The monoisotopic (exact) mass is 392 g/mol. The summed E-state index contributed by atoms with van der Waals surface area (Å²) in [6.07, 6.45) is 0. The minimum Gasteiger partial charge on any atom is -0.496 e. The minimum atomic E-state index is -0.265. The van der Waals surface area contributed by atoms with Gasteiger partial charge in [-0.2, -0.15) is 0 Å². The molecular weight excluding hydrogens is 383 g/mol. The van der Waals surface area contributed by atoms with E-state index in [2.05, 4.69) is 31.9 Å². The van der Waals surface area contributed by atoms with Crippen molar-refractivity contribution in [3.8, 4) is 5.75 Å². The normalized spacial score (nSPS) is 12.5. The van der Waals surface area contributed by atoms with Crippen LogP contribution in [0.5, 0.6) is 5.75 Å². The molecule has 5 heteroatoms. The van der Waals surface area contributed by atoms with E-state index in [1.54, 1.807) is 30.6 Å². The Balaban J connectivity index is 2.48. The van der Waals surface area contributed by atoms with Crippen LogP contribution in [-0.4, -0.2) is 7.11 Å². The molecule has 0 amide bonds. The van der Waals surface area contributed by atoms with Crippen molar-refractivity contribution in [2.75, 3.05) is 7.11 Å². The van der Waals surface area contributed by atoms with Gasteiger partial charge in [-0.3, -0.25) is 0 Å². The van der Waals surface area contributed by atoms with Crippen LogP contribution in [0.4, 0.5) is 4.39 Å². The highest BCUT2D eigenvalue weighted by Crippen LogP contribution is 2.42. The fourth-order valence-corrected chi connectivity index (χ4v) is 4.10. The van der Waals surface area contributed by atoms with Crippen LogP contribution in [0.25, 0.3) is 0 Å². The fraction of sp³-hybridized carbons (Fsp3) is 0.231. The third-order valence-corrected chi connectivity index (χ3v) is 6.07. The van der Waals surface area contributed by atoms with Crippen molar-refractivity contribution < 1.29 is 9.13 Å². The third kappa shape index (κ3) is 2.63. The number of benzene rings is 1. The van der Waals surface area contributed by atoms with Crippen LogP contribution >= 0.6 is 43.2 Å². The summed E-state index contributed by atoms with van der Waals surface area (Å²) in [6, 6.07) is 6.86. The molecule has 0 bridgehead atoms. The maximum atomic E-state index is 14.0. The Kier molecular flexibility index (Phi) is 4.45. The number of thiophene rings is 1. The maximum absolute atomic E-state index is 14.0. The van der Waals surface area contributed by atoms with E-state index in [9.17, 15) is 4.39 Å². The van der Waals surface area contributed by atoms with E-state index < -0.39 is 0 Å². The van der Waals surface area contributed by atoms with Gasteiger partial charge in [-0.15, -0.1) is 11.3 Å².